The molecule has 0 amide bonds. The first-order valence-corrected chi connectivity index (χ1v) is 20.1. The summed E-state index contributed by atoms with van der Waals surface area (Å²) in [6.07, 6.45) is 1.41. The smallest absolute Gasteiger partial charge is 0.161 e. The minimum Gasteiger partial charge on any atom is -0.488 e. The highest BCUT2D eigenvalue weighted by atomic mass is 35.5. The summed E-state index contributed by atoms with van der Waals surface area (Å²) in [6, 6.07) is 29.7. The molecule has 2 aliphatic rings. The van der Waals surface area contributed by atoms with Crippen molar-refractivity contribution in [3.63, 3.8) is 0 Å². The minimum atomic E-state index is 0.196. The van der Waals surface area contributed by atoms with Crippen LogP contribution in [0.25, 0.3) is 11.1 Å². The molecule has 0 aromatic heterocycles. The summed E-state index contributed by atoms with van der Waals surface area (Å²) in [6.45, 7) is 6.91. The lowest BCUT2D eigenvalue weighted by Crippen LogP contribution is -2.15. The van der Waals surface area contributed by atoms with E-state index in [0.717, 1.165) is 44.5 Å². The Morgan fingerprint density at radius 1 is 0.483 bits per heavy atom. The molecular weight excluding hydrogens is 807 g/mol. The number of rotatable bonds is 15. The highest BCUT2D eigenvalue weighted by Gasteiger charge is 2.18. The van der Waals surface area contributed by atoms with Crippen LogP contribution < -0.4 is 37.9 Å². The molecule has 0 saturated carbocycles. The van der Waals surface area contributed by atoms with Crippen LogP contribution in [0, 0.1) is 13.8 Å². The first-order valence-electron chi connectivity index (χ1n) is 19.3. The van der Waals surface area contributed by atoms with Crippen molar-refractivity contribution in [2.75, 3.05) is 26.4 Å². The maximum atomic E-state index is 12.0. The van der Waals surface area contributed by atoms with Gasteiger partial charge in [-0.25, -0.2) is 0 Å². The molecule has 60 heavy (non-hydrogen) atoms. The van der Waals surface area contributed by atoms with Gasteiger partial charge in [0.25, 0.3) is 0 Å². The third kappa shape index (κ3) is 8.95. The molecule has 2 aliphatic heterocycles. The van der Waals surface area contributed by atoms with Crippen molar-refractivity contribution in [2.45, 2.75) is 40.3 Å². The van der Waals surface area contributed by atoms with Crippen molar-refractivity contribution in [3.05, 3.63) is 152 Å². The third-order valence-corrected chi connectivity index (χ3v) is 10.9. The molecule has 8 rings (SSSR count). The van der Waals surface area contributed by atoms with E-state index in [1.165, 1.54) is 0 Å². The number of hydrogen-bond acceptors (Lipinski definition) is 10. The third-order valence-electron chi connectivity index (χ3n) is 10.3. The van der Waals surface area contributed by atoms with Gasteiger partial charge in [0.1, 0.15) is 75.9 Å². The quantitative estimate of drug-likeness (QED) is 0.0927. The molecule has 0 bridgehead atoms. The molecule has 0 unspecified atom stereocenters. The van der Waals surface area contributed by atoms with Gasteiger partial charge in [-0.15, -0.1) is 0 Å². The van der Waals surface area contributed by atoms with Crippen LogP contribution in [0.15, 0.2) is 97.1 Å². The zero-order valence-electron chi connectivity index (χ0n) is 32.9. The van der Waals surface area contributed by atoms with E-state index in [1.54, 1.807) is 24.3 Å². The van der Waals surface area contributed by atoms with Gasteiger partial charge < -0.3 is 37.9 Å². The number of carbonyl (C=O) groups is 2. The Morgan fingerprint density at radius 3 is 1.30 bits per heavy atom. The molecule has 0 atom stereocenters. The second kappa shape index (κ2) is 18.3. The van der Waals surface area contributed by atoms with Crippen molar-refractivity contribution >= 4 is 35.8 Å². The maximum absolute atomic E-state index is 12.0. The number of ether oxygens (including phenoxy) is 8. The molecule has 306 valence electrons. The van der Waals surface area contributed by atoms with Crippen LogP contribution in [-0.4, -0.2) is 39.0 Å². The van der Waals surface area contributed by atoms with Gasteiger partial charge in [-0.3, -0.25) is 9.59 Å². The van der Waals surface area contributed by atoms with E-state index in [2.05, 4.69) is 26.0 Å². The normalized spacial score (nSPS) is 12.7. The molecule has 0 aliphatic carbocycles. The summed E-state index contributed by atoms with van der Waals surface area (Å²) in [5.74, 6) is 4.15. The van der Waals surface area contributed by atoms with Crippen LogP contribution in [0.1, 0.15) is 54.1 Å². The van der Waals surface area contributed by atoms with Gasteiger partial charge in [-0.2, -0.15) is 0 Å². The molecule has 6 aromatic carbocycles. The van der Waals surface area contributed by atoms with Crippen molar-refractivity contribution in [1.82, 2.24) is 0 Å². The van der Waals surface area contributed by atoms with E-state index < -0.39 is 0 Å². The molecule has 0 radical (unpaired) electrons. The Kier molecular flexibility index (Phi) is 12.3. The topological polar surface area (TPSA) is 108 Å². The highest BCUT2D eigenvalue weighted by molar-refractivity contribution is 6.32. The SMILES string of the molecule is Cc1c(COc2cc(OCc3ccc4c(c3)OCCO4)c(C=O)cc2Cl)cccc1-c1cccc(COc2cc(OCc3ccc4c(c3)OCCO4)c(C=O)cc2Cl)c1C. The summed E-state index contributed by atoms with van der Waals surface area (Å²) in [7, 11) is 0. The second-order valence-electron chi connectivity index (χ2n) is 14.2. The fourth-order valence-electron chi connectivity index (χ4n) is 7.01. The van der Waals surface area contributed by atoms with Gasteiger partial charge in [0.05, 0.1) is 21.2 Å². The fraction of sp³-hybridized carbons (Fsp3) is 0.208. The van der Waals surface area contributed by atoms with Gasteiger partial charge >= 0.3 is 0 Å². The van der Waals surface area contributed by atoms with Gasteiger partial charge in [-0.1, -0.05) is 71.7 Å². The Labute approximate surface area is 357 Å². The van der Waals surface area contributed by atoms with Crippen LogP contribution in [0.2, 0.25) is 10.0 Å². The van der Waals surface area contributed by atoms with Gasteiger partial charge in [0.2, 0.25) is 0 Å². The number of hydrogen-bond donors (Lipinski definition) is 0. The number of carbonyl (C=O) groups excluding carboxylic acids is 2. The maximum Gasteiger partial charge on any atom is 0.161 e. The number of benzene rings is 6. The van der Waals surface area contributed by atoms with Gasteiger partial charge in [0, 0.05) is 12.1 Å². The highest BCUT2D eigenvalue weighted by Crippen LogP contribution is 2.38. The molecule has 12 heteroatoms. The minimum absolute atomic E-state index is 0.196. The lowest BCUT2D eigenvalue weighted by Gasteiger charge is -2.19. The van der Waals surface area contributed by atoms with Crippen molar-refractivity contribution in [3.8, 4) is 57.1 Å². The average molecular weight is 848 g/mol. The Morgan fingerprint density at radius 2 is 0.883 bits per heavy atom. The predicted octanol–water partition coefficient (Wildman–Crippen LogP) is 10.8. The van der Waals surface area contributed by atoms with Crippen LogP contribution in [-0.2, 0) is 26.4 Å². The van der Waals surface area contributed by atoms with Crippen molar-refractivity contribution in [1.29, 1.82) is 0 Å². The van der Waals surface area contributed by atoms with Crippen LogP contribution >= 0.6 is 23.2 Å². The zero-order chi connectivity index (χ0) is 41.6. The number of halogens is 2. The summed E-state index contributed by atoms with van der Waals surface area (Å²) >= 11 is 13.2. The van der Waals surface area contributed by atoms with Gasteiger partial charge in [0.15, 0.2) is 35.6 Å². The Balaban J connectivity index is 0.946. The molecule has 0 fully saturated rings. The first-order chi connectivity index (χ1) is 29.3. The fourth-order valence-corrected chi connectivity index (χ4v) is 7.46. The van der Waals surface area contributed by atoms with Crippen LogP contribution in [0.3, 0.4) is 0 Å². The van der Waals surface area contributed by atoms with E-state index in [-0.39, 0.29) is 26.4 Å². The lowest BCUT2D eigenvalue weighted by atomic mass is 9.92. The number of fused-ring (bicyclic) bond motifs is 2. The first kappa shape index (κ1) is 40.4. The summed E-state index contributed by atoms with van der Waals surface area (Å²) < 4.78 is 47.3. The monoisotopic (exact) mass is 846 g/mol. The molecule has 6 aromatic rings. The van der Waals surface area contributed by atoms with E-state index in [1.807, 2.05) is 60.7 Å². The lowest BCUT2D eigenvalue weighted by molar-refractivity contribution is 0.111. The standard InChI is InChI=1S/C48H40Cl2O10/c1-29-33(27-59-45-21-43(35(23-51)19-39(45)49)57-25-31-9-11-41-47(17-31)55-15-13-53-41)5-3-7-37(29)38-8-4-6-34(30(38)2)28-60-46-22-44(36(24-52)20-40(46)50)58-26-32-10-12-42-48(18-32)56-16-14-54-42/h3-12,17-24H,13-16,25-28H2,1-2H3. The van der Waals surface area contributed by atoms with E-state index in [4.69, 9.17) is 61.1 Å². The van der Waals surface area contributed by atoms with Crippen LogP contribution in [0.4, 0.5) is 0 Å². The van der Waals surface area contributed by atoms with E-state index in [0.29, 0.717) is 106 Å². The molecule has 0 N–H and O–H groups in total. The predicted molar refractivity (Wildman–Crippen MR) is 227 cm³/mol. The van der Waals surface area contributed by atoms with Crippen molar-refractivity contribution < 1.29 is 47.5 Å². The van der Waals surface area contributed by atoms with E-state index in [9.17, 15) is 9.59 Å². The summed E-state index contributed by atoms with van der Waals surface area (Å²) in [5, 5.41) is 0.585. The zero-order valence-corrected chi connectivity index (χ0v) is 34.4. The summed E-state index contributed by atoms with van der Waals surface area (Å²) in [4.78, 5) is 23.9. The van der Waals surface area contributed by atoms with Crippen molar-refractivity contribution in [2.24, 2.45) is 0 Å². The number of aldehydes is 2. The van der Waals surface area contributed by atoms with Gasteiger partial charge in [-0.05, 0) is 94.8 Å². The molecular formula is C48H40Cl2O10. The van der Waals surface area contributed by atoms with E-state index >= 15 is 0 Å². The molecule has 2 heterocycles. The largest absolute Gasteiger partial charge is 0.488 e. The average Bonchev–Trinajstić information content (AvgIpc) is 3.27. The van der Waals surface area contributed by atoms with Crippen LogP contribution in [0.5, 0.6) is 46.0 Å². The molecule has 10 nitrogen and oxygen atoms in total. The molecule has 0 saturated heterocycles. The summed E-state index contributed by atoms with van der Waals surface area (Å²) in [5.41, 5.74) is 8.36. The second-order valence-corrected chi connectivity index (χ2v) is 15.0. The Bertz CT molecular complexity index is 2390. The molecule has 0 spiro atoms. The Hall–Kier alpha value is -6.36.